The van der Waals surface area contributed by atoms with E-state index in [-0.39, 0.29) is 0 Å². The summed E-state index contributed by atoms with van der Waals surface area (Å²) in [5.41, 5.74) is 0. The molecule has 0 aromatic carbocycles. The first-order chi connectivity index (χ1) is 6.81. The zero-order valence-electron chi connectivity index (χ0n) is 9.76. The van der Waals surface area contributed by atoms with Crippen molar-refractivity contribution in [2.75, 3.05) is 6.61 Å². The van der Waals surface area contributed by atoms with Crippen LogP contribution in [-0.4, -0.2) is 12.9 Å². The lowest BCUT2D eigenvalue weighted by atomic mass is 10.1. The molecule has 0 saturated carbocycles. The van der Waals surface area contributed by atoms with Crippen LogP contribution in [-0.2, 0) is 9.84 Å². The molecule has 0 spiro atoms. The molecule has 14 heavy (non-hydrogen) atoms. The predicted octanol–water partition coefficient (Wildman–Crippen LogP) is 3.92. The Labute approximate surface area is 88.7 Å². The van der Waals surface area contributed by atoms with Crippen LogP contribution in [0, 0.1) is 0 Å². The molecule has 0 aromatic heterocycles. The number of unbranched alkanes of at least 4 members (excludes halogenated alkanes) is 5. The van der Waals surface area contributed by atoms with Gasteiger partial charge in [-0.1, -0.05) is 46.0 Å². The minimum atomic E-state index is -0.777. The average molecular weight is 201 g/mol. The molecule has 0 N–H and O–H groups in total. The van der Waals surface area contributed by atoms with E-state index < -0.39 is 6.29 Å². The minimum absolute atomic E-state index is 0.615. The fourth-order valence-corrected chi connectivity index (χ4v) is 1.42. The first-order valence-corrected chi connectivity index (χ1v) is 6.08. The molecule has 0 aliphatic rings. The summed E-state index contributed by atoms with van der Waals surface area (Å²) in [6.07, 6.45) is 8.26. The van der Waals surface area contributed by atoms with E-state index in [4.69, 9.17) is 4.74 Å². The highest BCUT2D eigenvalue weighted by atomic mass is 16.6. The van der Waals surface area contributed by atoms with Gasteiger partial charge in [0.25, 0.3) is 0 Å². The van der Waals surface area contributed by atoms with Crippen LogP contribution >= 0.6 is 0 Å². The van der Waals surface area contributed by atoms with E-state index in [0.29, 0.717) is 13.0 Å². The third kappa shape index (κ3) is 10.0. The van der Waals surface area contributed by atoms with Gasteiger partial charge in [0.15, 0.2) is 6.29 Å². The van der Waals surface area contributed by atoms with Crippen molar-refractivity contribution in [2.24, 2.45) is 0 Å². The van der Waals surface area contributed by atoms with Gasteiger partial charge >= 0.3 is 0 Å². The second-order valence-corrected chi connectivity index (χ2v) is 3.86. The number of hydrogen-bond acceptors (Lipinski definition) is 1. The molecule has 0 bridgehead atoms. The van der Waals surface area contributed by atoms with Gasteiger partial charge in [0.1, 0.15) is 0 Å². The summed E-state index contributed by atoms with van der Waals surface area (Å²) in [7, 11) is 0. The Balaban J connectivity index is 3.02. The van der Waals surface area contributed by atoms with Gasteiger partial charge in [-0.3, -0.25) is 0 Å². The fourth-order valence-electron chi connectivity index (χ4n) is 1.42. The second-order valence-electron chi connectivity index (χ2n) is 3.86. The maximum absolute atomic E-state index is 11.2. The number of rotatable bonds is 10. The van der Waals surface area contributed by atoms with Crippen molar-refractivity contribution in [3.8, 4) is 0 Å². The monoisotopic (exact) mass is 201 g/mol. The SMILES string of the molecule is CCCCCCCCC([O])OCCC. The molecule has 2 heteroatoms. The molecule has 1 radical (unpaired) electrons. The van der Waals surface area contributed by atoms with Gasteiger partial charge < -0.3 is 4.74 Å². The van der Waals surface area contributed by atoms with E-state index >= 15 is 0 Å². The normalized spacial score (nSPS) is 13.1. The van der Waals surface area contributed by atoms with Gasteiger partial charge in [0, 0.05) is 13.0 Å². The van der Waals surface area contributed by atoms with E-state index in [1.807, 2.05) is 6.92 Å². The van der Waals surface area contributed by atoms with Crippen LogP contribution in [0.2, 0.25) is 0 Å². The van der Waals surface area contributed by atoms with Crippen LogP contribution in [0.25, 0.3) is 0 Å². The summed E-state index contributed by atoms with van der Waals surface area (Å²) >= 11 is 0. The standard InChI is InChI=1S/C12H25O2/c1-3-5-6-7-8-9-10-12(13)14-11-4-2/h12H,3-11H2,1-2H3. The van der Waals surface area contributed by atoms with Crippen LogP contribution in [0.4, 0.5) is 0 Å². The summed E-state index contributed by atoms with van der Waals surface area (Å²) in [4.78, 5) is 0. The Morgan fingerprint density at radius 1 is 0.929 bits per heavy atom. The molecule has 0 aliphatic carbocycles. The van der Waals surface area contributed by atoms with Crippen molar-refractivity contribution in [3.05, 3.63) is 0 Å². The number of ether oxygens (including phenoxy) is 1. The quantitative estimate of drug-likeness (QED) is 0.389. The number of hydrogen-bond donors (Lipinski definition) is 0. The molecule has 0 saturated heterocycles. The van der Waals surface area contributed by atoms with E-state index in [9.17, 15) is 5.11 Å². The minimum Gasteiger partial charge on any atom is -0.350 e. The van der Waals surface area contributed by atoms with Gasteiger partial charge in [0.05, 0.1) is 0 Å². The summed E-state index contributed by atoms with van der Waals surface area (Å²) in [6, 6.07) is 0. The summed E-state index contributed by atoms with van der Waals surface area (Å²) < 4.78 is 5.06. The van der Waals surface area contributed by atoms with E-state index in [0.717, 1.165) is 12.8 Å². The van der Waals surface area contributed by atoms with Crippen LogP contribution in [0.15, 0.2) is 0 Å². The molecule has 0 rings (SSSR count). The molecule has 2 nitrogen and oxygen atoms in total. The largest absolute Gasteiger partial charge is 0.350 e. The fraction of sp³-hybridized carbons (Fsp3) is 1.00. The van der Waals surface area contributed by atoms with Crippen LogP contribution < -0.4 is 0 Å². The second kappa shape index (κ2) is 11.0. The Hall–Kier alpha value is -0.0800. The topological polar surface area (TPSA) is 29.1 Å². The first-order valence-electron chi connectivity index (χ1n) is 6.08. The lowest BCUT2D eigenvalue weighted by Gasteiger charge is -2.08. The van der Waals surface area contributed by atoms with Crippen molar-refractivity contribution in [1.29, 1.82) is 0 Å². The zero-order valence-corrected chi connectivity index (χ0v) is 9.76. The summed E-state index contributed by atoms with van der Waals surface area (Å²) in [5.74, 6) is 0. The van der Waals surface area contributed by atoms with E-state index in [1.54, 1.807) is 0 Å². The molecule has 85 valence electrons. The van der Waals surface area contributed by atoms with E-state index in [2.05, 4.69) is 6.92 Å². The molecule has 0 heterocycles. The molecular formula is C12H25O2. The molecule has 0 fully saturated rings. The molecule has 0 amide bonds. The molecule has 1 atom stereocenters. The Morgan fingerprint density at radius 3 is 2.21 bits per heavy atom. The average Bonchev–Trinajstić information content (AvgIpc) is 2.20. The summed E-state index contributed by atoms with van der Waals surface area (Å²) in [6.45, 7) is 4.85. The van der Waals surface area contributed by atoms with Gasteiger partial charge in [-0.25, -0.2) is 5.11 Å². The summed E-state index contributed by atoms with van der Waals surface area (Å²) in [5, 5.41) is 11.2. The molecule has 0 aliphatic heterocycles. The van der Waals surface area contributed by atoms with Crippen molar-refractivity contribution >= 4 is 0 Å². The predicted molar refractivity (Wildman–Crippen MR) is 58.7 cm³/mol. The first kappa shape index (κ1) is 13.9. The van der Waals surface area contributed by atoms with Crippen molar-refractivity contribution in [1.82, 2.24) is 0 Å². The lowest BCUT2D eigenvalue weighted by molar-refractivity contribution is -0.143. The van der Waals surface area contributed by atoms with E-state index in [1.165, 1.54) is 32.1 Å². The highest BCUT2D eigenvalue weighted by molar-refractivity contribution is 4.47. The molecule has 0 aromatic rings. The maximum atomic E-state index is 11.2. The van der Waals surface area contributed by atoms with Gasteiger partial charge in [-0.15, -0.1) is 0 Å². The highest BCUT2D eigenvalue weighted by Crippen LogP contribution is 2.09. The van der Waals surface area contributed by atoms with Gasteiger partial charge in [-0.05, 0) is 12.8 Å². The van der Waals surface area contributed by atoms with Crippen molar-refractivity contribution in [2.45, 2.75) is 71.5 Å². The zero-order chi connectivity index (χ0) is 10.6. The Morgan fingerprint density at radius 2 is 1.57 bits per heavy atom. The Kier molecular flexibility index (Phi) is 10.9. The molecular weight excluding hydrogens is 176 g/mol. The smallest absolute Gasteiger partial charge is 0.191 e. The third-order valence-corrected chi connectivity index (χ3v) is 2.30. The van der Waals surface area contributed by atoms with Crippen molar-refractivity contribution < 1.29 is 9.84 Å². The van der Waals surface area contributed by atoms with Gasteiger partial charge in [-0.2, -0.15) is 0 Å². The van der Waals surface area contributed by atoms with Crippen LogP contribution in [0.1, 0.15) is 65.2 Å². The van der Waals surface area contributed by atoms with Crippen molar-refractivity contribution in [3.63, 3.8) is 0 Å². The maximum Gasteiger partial charge on any atom is 0.191 e. The Bertz CT molecular complexity index is 104. The third-order valence-electron chi connectivity index (χ3n) is 2.30. The highest BCUT2D eigenvalue weighted by Gasteiger charge is 2.04. The van der Waals surface area contributed by atoms with Crippen LogP contribution in [0.3, 0.4) is 0 Å². The van der Waals surface area contributed by atoms with Gasteiger partial charge in [0.2, 0.25) is 0 Å². The molecule has 1 unspecified atom stereocenters. The lowest BCUT2D eigenvalue weighted by Crippen LogP contribution is -2.10. The van der Waals surface area contributed by atoms with Crippen LogP contribution in [0.5, 0.6) is 0 Å².